The number of piperidine rings is 2. The van der Waals surface area contributed by atoms with Crippen molar-refractivity contribution in [2.24, 2.45) is 5.92 Å². The molecule has 3 aliphatic heterocycles. The zero-order chi connectivity index (χ0) is 42.0. The predicted octanol–water partition coefficient (Wildman–Crippen LogP) is 5.87. The van der Waals surface area contributed by atoms with Crippen LogP contribution in [0.4, 0.5) is 19.1 Å². The van der Waals surface area contributed by atoms with Crippen molar-refractivity contribution < 1.29 is 46.6 Å². The molecule has 4 aliphatic rings. The molecule has 1 atom stereocenters. The van der Waals surface area contributed by atoms with Crippen molar-refractivity contribution in [3.05, 3.63) is 88.5 Å². The highest BCUT2D eigenvalue weighted by molar-refractivity contribution is 6.35. The maximum atomic E-state index is 13.5. The van der Waals surface area contributed by atoms with Crippen LogP contribution >= 0.6 is 0 Å². The molecule has 4 aromatic rings. The lowest BCUT2D eigenvalue weighted by Gasteiger charge is -2.30. The topological polar surface area (TPSA) is 152 Å². The van der Waals surface area contributed by atoms with Crippen LogP contribution in [0.1, 0.15) is 106 Å². The summed E-state index contributed by atoms with van der Waals surface area (Å²) in [5, 5.41) is 5.03. The van der Waals surface area contributed by atoms with Crippen molar-refractivity contribution in [1.82, 2.24) is 24.7 Å². The number of halogens is 3. The van der Waals surface area contributed by atoms with Gasteiger partial charge in [-0.2, -0.15) is 13.2 Å². The first-order chi connectivity index (χ1) is 28.9. The Morgan fingerprint density at radius 1 is 0.883 bits per heavy atom. The summed E-state index contributed by atoms with van der Waals surface area (Å²) in [5.41, 5.74) is 2.06. The Labute approximate surface area is 345 Å². The zero-order valence-electron chi connectivity index (χ0n) is 33.1. The molecule has 0 radical (unpaired) electrons. The Balaban J connectivity index is 0.849. The van der Waals surface area contributed by atoms with Crippen molar-refractivity contribution >= 4 is 53.8 Å². The van der Waals surface area contributed by atoms with E-state index < -0.39 is 47.3 Å². The first-order valence-corrected chi connectivity index (χ1v) is 20.7. The fourth-order valence-corrected chi connectivity index (χ4v) is 8.80. The third-order valence-electron chi connectivity index (χ3n) is 11.9. The van der Waals surface area contributed by atoms with Gasteiger partial charge in [0.05, 0.1) is 34.2 Å². The molecule has 60 heavy (non-hydrogen) atoms. The van der Waals surface area contributed by atoms with E-state index in [0.717, 1.165) is 78.9 Å². The van der Waals surface area contributed by atoms with Crippen LogP contribution in [0, 0.1) is 5.92 Å². The molecule has 5 amide bonds. The second-order valence-corrected chi connectivity index (χ2v) is 16.1. The summed E-state index contributed by atoms with van der Waals surface area (Å²) in [6.07, 6.45) is 2.46. The van der Waals surface area contributed by atoms with E-state index in [9.17, 15) is 37.1 Å². The Bertz CT molecular complexity index is 2300. The number of imidazole rings is 1. The summed E-state index contributed by atoms with van der Waals surface area (Å²) in [6, 6.07) is 14.2. The number of alkyl halides is 3. The third-order valence-corrected chi connectivity index (χ3v) is 11.9. The van der Waals surface area contributed by atoms with Crippen LogP contribution in [-0.2, 0) is 27.0 Å². The molecule has 1 aromatic heterocycles. The smallest absolute Gasteiger partial charge is 0.416 e. The fraction of sp³-hybridized carbons (Fsp3) is 0.442. The molecule has 3 aromatic carbocycles. The summed E-state index contributed by atoms with van der Waals surface area (Å²) in [6.45, 7) is 4.21. The molecule has 1 unspecified atom stereocenters. The first-order valence-electron chi connectivity index (χ1n) is 20.7. The van der Waals surface area contributed by atoms with E-state index in [1.165, 1.54) is 43.5 Å². The summed E-state index contributed by atoms with van der Waals surface area (Å²) < 4.78 is 54.3. The van der Waals surface area contributed by atoms with Gasteiger partial charge in [0.25, 0.3) is 17.7 Å². The van der Waals surface area contributed by atoms with Crippen LogP contribution in [0.2, 0.25) is 0 Å². The number of carbonyl (C=O) groups excluding carboxylic acids is 5. The third kappa shape index (κ3) is 8.97. The van der Waals surface area contributed by atoms with Crippen LogP contribution in [0.15, 0.2) is 60.7 Å². The highest BCUT2D eigenvalue weighted by Gasteiger charge is 2.44. The molecule has 2 N–H and O–H groups in total. The minimum absolute atomic E-state index is 0.00926. The molecule has 1 aliphatic carbocycles. The molecule has 13 nitrogen and oxygen atoms in total. The normalized spacial score (nSPS) is 21.2. The van der Waals surface area contributed by atoms with Gasteiger partial charge >= 0.3 is 6.18 Å². The summed E-state index contributed by atoms with van der Waals surface area (Å²) in [4.78, 5) is 71.6. The van der Waals surface area contributed by atoms with Crippen LogP contribution in [0.3, 0.4) is 0 Å². The van der Waals surface area contributed by atoms with Gasteiger partial charge in [-0.3, -0.25) is 44.4 Å². The summed E-state index contributed by atoms with van der Waals surface area (Å²) in [7, 11) is 0.581. The summed E-state index contributed by atoms with van der Waals surface area (Å²) in [5.74, 6) is -1.89. The number of likely N-dealkylation sites (tertiary alicyclic amines) is 1. The Hall–Kier alpha value is -5.55. The molecular formula is C43H46BF3N6O7. The van der Waals surface area contributed by atoms with Crippen LogP contribution in [0.5, 0.6) is 5.75 Å². The Morgan fingerprint density at radius 2 is 1.67 bits per heavy atom. The van der Waals surface area contributed by atoms with Gasteiger partial charge in [0.15, 0.2) is 7.28 Å². The average Bonchev–Trinajstić information content (AvgIpc) is 3.71. The Kier molecular flexibility index (Phi) is 12.1. The van der Waals surface area contributed by atoms with Crippen LogP contribution in [0.25, 0.3) is 11.0 Å². The highest BCUT2D eigenvalue weighted by Crippen LogP contribution is 2.38. The molecule has 8 rings (SSSR count). The minimum atomic E-state index is -4.58. The van der Waals surface area contributed by atoms with Gasteiger partial charge in [-0.05, 0) is 118 Å². The van der Waals surface area contributed by atoms with Gasteiger partial charge in [-0.1, -0.05) is 18.6 Å². The van der Waals surface area contributed by atoms with Crippen molar-refractivity contribution in [2.75, 3.05) is 38.0 Å². The van der Waals surface area contributed by atoms with Gasteiger partial charge in [0.2, 0.25) is 17.8 Å². The van der Waals surface area contributed by atoms with E-state index in [1.807, 2.05) is 16.7 Å². The van der Waals surface area contributed by atoms with Crippen molar-refractivity contribution in [3.63, 3.8) is 0 Å². The van der Waals surface area contributed by atoms with Crippen molar-refractivity contribution in [1.29, 1.82) is 0 Å². The zero-order valence-corrected chi connectivity index (χ0v) is 33.1. The van der Waals surface area contributed by atoms with E-state index in [4.69, 9.17) is 14.5 Å². The quantitative estimate of drug-likeness (QED) is 0.0958. The van der Waals surface area contributed by atoms with Gasteiger partial charge in [0.1, 0.15) is 11.8 Å². The molecule has 0 bridgehead atoms. The van der Waals surface area contributed by atoms with Crippen molar-refractivity contribution in [3.8, 4) is 5.75 Å². The number of carbonyl (C=O) groups is 5. The van der Waals surface area contributed by atoms with Gasteiger partial charge in [-0.15, -0.1) is 0 Å². The van der Waals surface area contributed by atoms with E-state index >= 15 is 0 Å². The van der Waals surface area contributed by atoms with Gasteiger partial charge < -0.3 is 14.0 Å². The molecule has 2 saturated heterocycles. The molecule has 0 spiro atoms. The molecule has 314 valence electrons. The number of fused-ring (bicyclic) bond motifs is 2. The predicted molar refractivity (Wildman–Crippen MR) is 216 cm³/mol. The maximum Gasteiger partial charge on any atom is 0.416 e. The van der Waals surface area contributed by atoms with Crippen LogP contribution < -0.4 is 15.4 Å². The van der Waals surface area contributed by atoms with E-state index in [1.54, 1.807) is 6.07 Å². The standard InChI is InChI=1S/C43H46BF3N6O7/c45-43(46,47)29-6-4-5-28(20-29)38(55)50-42-48-34-19-27(22-51-17-2-1-3-18-51)9-14-35(34)52(42)30-10-7-26(8-11-30)23-59-24-44-25-60-31-12-13-32-33(21-31)41(58)53(40(32)57)36-15-16-37(54)49-39(36)56/h4-6,9,12-14,19-21,26,30,36,44H,1-3,7-8,10-11,15-18,22-25H2,(H,48,50,55)(H,49,54,56)/t26-,30+,36?. The van der Waals surface area contributed by atoms with E-state index in [0.29, 0.717) is 44.5 Å². The van der Waals surface area contributed by atoms with Gasteiger partial charge in [-0.25, -0.2) is 4.98 Å². The lowest BCUT2D eigenvalue weighted by atomic mass is 9.81. The molecular weight excluding hydrogens is 780 g/mol. The summed E-state index contributed by atoms with van der Waals surface area (Å²) >= 11 is 0. The largest absolute Gasteiger partial charge is 0.502 e. The number of hydrogen-bond donors (Lipinski definition) is 2. The first kappa shape index (κ1) is 41.2. The minimum Gasteiger partial charge on any atom is -0.502 e. The number of amides is 5. The number of aromatic nitrogens is 2. The van der Waals surface area contributed by atoms with Crippen molar-refractivity contribution in [2.45, 2.75) is 82.6 Å². The second-order valence-electron chi connectivity index (χ2n) is 16.1. The molecule has 1 saturated carbocycles. The number of imide groups is 2. The van der Waals surface area contributed by atoms with E-state index in [-0.39, 0.29) is 35.6 Å². The maximum absolute atomic E-state index is 13.5. The lowest BCUT2D eigenvalue weighted by molar-refractivity contribution is -0.138. The average molecular weight is 827 g/mol. The number of benzene rings is 3. The monoisotopic (exact) mass is 826 g/mol. The lowest BCUT2D eigenvalue weighted by Crippen LogP contribution is -2.54. The number of nitrogens with one attached hydrogen (secondary N) is 2. The SMILES string of the molecule is O=C1CCC(N2C(=O)c3ccc(OCBCOC[C@H]4CC[C@@H](n5c(NC(=O)c6cccc(C(F)(F)F)c6)nc6cc(CN7CCCCC7)ccc65)CC4)cc3C2=O)C(=O)N1. The second kappa shape index (κ2) is 17.6. The van der Waals surface area contributed by atoms with E-state index in [2.05, 4.69) is 21.6 Å². The molecule has 4 heterocycles. The van der Waals surface area contributed by atoms with Crippen LogP contribution in [-0.4, -0.2) is 94.9 Å². The van der Waals surface area contributed by atoms with Gasteiger partial charge in [0, 0.05) is 37.7 Å². The number of anilines is 1. The molecule has 3 fully saturated rings. The number of nitrogens with zero attached hydrogens (tertiary/aromatic N) is 4. The number of hydrogen-bond acceptors (Lipinski definition) is 9. The highest BCUT2D eigenvalue weighted by atomic mass is 19.4. The number of rotatable bonds is 13. The number of ether oxygens (including phenoxy) is 2. The molecule has 17 heteroatoms. The fourth-order valence-electron chi connectivity index (χ4n) is 8.80. The Morgan fingerprint density at radius 3 is 2.43 bits per heavy atom.